The second-order valence-corrected chi connectivity index (χ2v) is 8.76. The van der Waals surface area contributed by atoms with Crippen LogP contribution in [-0.2, 0) is 20.9 Å². The number of ether oxygens (including phenoxy) is 2. The Balaban J connectivity index is 1.69. The molecule has 0 saturated heterocycles. The number of nitrogens with one attached hydrogen (secondary N) is 3. The number of carbonyl (C=O) groups excluding carboxylic acids is 3. The number of benzene rings is 2. The summed E-state index contributed by atoms with van der Waals surface area (Å²) in [5.74, 6) is 0.248. The summed E-state index contributed by atoms with van der Waals surface area (Å²) >= 11 is 0. The standard InChI is InChI=1S/C25H33N3O5/c1-17-6-11-21(18(2)14-17)32-16-23(30)27-15-19-7-9-20(10-8-19)28-22(29)12-13-26-24(31)33-25(3,4)5/h6-11,14H,12-13,15-16H2,1-5H3,(H,26,31)(H,27,30)(H,28,29). The van der Waals surface area contributed by atoms with E-state index in [2.05, 4.69) is 16.0 Å². The second kappa shape index (κ2) is 11.9. The number of alkyl carbamates (subject to hydrolysis) is 1. The smallest absolute Gasteiger partial charge is 0.407 e. The SMILES string of the molecule is Cc1ccc(OCC(=O)NCc2ccc(NC(=O)CCNC(=O)OC(C)(C)C)cc2)c(C)c1. The lowest BCUT2D eigenvalue weighted by Gasteiger charge is -2.19. The number of amides is 3. The van der Waals surface area contributed by atoms with Crippen LogP contribution in [0.4, 0.5) is 10.5 Å². The monoisotopic (exact) mass is 455 g/mol. The average molecular weight is 456 g/mol. The first-order valence-electron chi connectivity index (χ1n) is 10.8. The Kier molecular flexibility index (Phi) is 9.27. The summed E-state index contributed by atoms with van der Waals surface area (Å²) < 4.78 is 10.7. The molecular formula is C25H33N3O5. The van der Waals surface area contributed by atoms with Crippen molar-refractivity contribution < 1.29 is 23.9 Å². The van der Waals surface area contributed by atoms with Crippen LogP contribution in [0, 0.1) is 13.8 Å². The molecule has 0 radical (unpaired) electrons. The topological polar surface area (TPSA) is 106 Å². The van der Waals surface area contributed by atoms with Gasteiger partial charge in [-0.25, -0.2) is 4.79 Å². The van der Waals surface area contributed by atoms with Gasteiger partial charge in [0.05, 0.1) is 0 Å². The van der Waals surface area contributed by atoms with Crippen LogP contribution in [0.15, 0.2) is 42.5 Å². The molecule has 0 aliphatic carbocycles. The minimum absolute atomic E-state index is 0.0601. The quantitative estimate of drug-likeness (QED) is 0.533. The van der Waals surface area contributed by atoms with Gasteiger partial charge < -0.3 is 25.4 Å². The summed E-state index contributed by atoms with van der Waals surface area (Å²) in [6.07, 6.45) is -0.432. The Morgan fingerprint density at radius 1 is 0.909 bits per heavy atom. The maximum Gasteiger partial charge on any atom is 0.407 e. The highest BCUT2D eigenvalue weighted by Crippen LogP contribution is 2.18. The third kappa shape index (κ3) is 10.1. The fraction of sp³-hybridized carbons (Fsp3) is 0.400. The fourth-order valence-electron chi connectivity index (χ4n) is 2.88. The van der Waals surface area contributed by atoms with Crippen molar-refractivity contribution in [1.29, 1.82) is 0 Å². The number of anilines is 1. The van der Waals surface area contributed by atoms with E-state index >= 15 is 0 Å². The van der Waals surface area contributed by atoms with Crippen molar-refractivity contribution in [2.75, 3.05) is 18.5 Å². The molecule has 0 spiro atoms. The Morgan fingerprint density at radius 3 is 2.24 bits per heavy atom. The van der Waals surface area contributed by atoms with Crippen LogP contribution in [0.3, 0.4) is 0 Å². The van der Waals surface area contributed by atoms with Crippen molar-refractivity contribution in [3.8, 4) is 5.75 Å². The van der Waals surface area contributed by atoms with Crippen molar-refractivity contribution in [1.82, 2.24) is 10.6 Å². The minimum atomic E-state index is -0.583. The summed E-state index contributed by atoms with van der Waals surface area (Å²) in [5.41, 5.74) is 3.06. The summed E-state index contributed by atoms with van der Waals surface area (Å²) in [6.45, 7) is 9.73. The average Bonchev–Trinajstić information content (AvgIpc) is 2.71. The molecule has 0 aliphatic heterocycles. The van der Waals surface area contributed by atoms with Gasteiger partial charge >= 0.3 is 6.09 Å². The molecule has 0 aliphatic rings. The second-order valence-electron chi connectivity index (χ2n) is 8.76. The van der Waals surface area contributed by atoms with Gasteiger partial charge in [-0.3, -0.25) is 9.59 Å². The van der Waals surface area contributed by atoms with E-state index < -0.39 is 11.7 Å². The number of carbonyl (C=O) groups is 3. The van der Waals surface area contributed by atoms with Gasteiger partial charge in [-0.15, -0.1) is 0 Å². The molecule has 2 aromatic carbocycles. The van der Waals surface area contributed by atoms with Crippen molar-refractivity contribution in [3.63, 3.8) is 0 Å². The molecule has 3 amide bonds. The molecule has 0 unspecified atom stereocenters. The van der Waals surface area contributed by atoms with Crippen LogP contribution in [0.1, 0.15) is 43.9 Å². The Labute approximate surface area is 195 Å². The first-order valence-corrected chi connectivity index (χ1v) is 10.8. The molecule has 3 N–H and O–H groups in total. The predicted molar refractivity (Wildman–Crippen MR) is 127 cm³/mol. The van der Waals surface area contributed by atoms with Gasteiger partial charge in [0.2, 0.25) is 5.91 Å². The van der Waals surface area contributed by atoms with E-state index in [4.69, 9.17) is 9.47 Å². The van der Waals surface area contributed by atoms with Crippen molar-refractivity contribution in [3.05, 3.63) is 59.2 Å². The van der Waals surface area contributed by atoms with E-state index in [0.717, 1.165) is 16.7 Å². The minimum Gasteiger partial charge on any atom is -0.484 e. The zero-order valence-corrected chi connectivity index (χ0v) is 19.9. The molecule has 33 heavy (non-hydrogen) atoms. The summed E-state index contributed by atoms with van der Waals surface area (Å²) in [7, 11) is 0. The molecule has 0 aromatic heterocycles. The van der Waals surface area contributed by atoms with Crippen LogP contribution in [0.2, 0.25) is 0 Å². The lowest BCUT2D eigenvalue weighted by atomic mass is 10.1. The lowest BCUT2D eigenvalue weighted by molar-refractivity contribution is -0.123. The Morgan fingerprint density at radius 2 is 1.61 bits per heavy atom. The van der Waals surface area contributed by atoms with Gasteiger partial charge in [-0.05, 0) is 63.9 Å². The largest absolute Gasteiger partial charge is 0.484 e. The van der Waals surface area contributed by atoms with Gasteiger partial charge in [0.15, 0.2) is 6.61 Å². The van der Waals surface area contributed by atoms with E-state index in [1.54, 1.807) is 32.9 Å². The highest BCUT2D eigenvalue weighted by Gasteiger charge is 2.16. The number of hydrogen-bond donors (Lipinski definition) is 3. The van der Waals surface area contributed by atoms with E-state index in [1.807, 2.05) is 44.2 Å². The molecule has 178 valence electrons. The van der Waals surface area contributed by atoms with Crippen LogP contribution >= 0.6 is 0 Å². The molecule has 8 heteroatoms. The molecule has 0 atom stereocenters. The van der Waals surface area contributed by atoms with E-state index in [0.29, 0.717) is 18.0 Å². The molecular weight excluding hydrogens is 422 g/mol. The summed E-state index contributed by atoms with van der Waals surface area (Å²) in [6, 6.07) is 13.0. The van der Waals surface area contributed by atoms with Gasteiger partial charge in [0, 0.05) is 25.2 Å². The molecule has 8 nitrogen and oxygen atoms in total. The number of hydrogen-bond acceptors (Lipinski definition) is 5. The molecule has 2 aromatic rings. The molecule has 0 heterocycles. The van der Waals surface area contributed by atoms with Gasteiger partial charge in [0.1, 0.15) is 11.4 Å². The van der Waals surface area contributed by atoms with Crippen LogP contribution < -0.4 is 20.7 Å². The molecule has 0 saturated carbocycles. The molecule has 0 bridgehead atoms. The molecule has 0 fully saturated rings. The zero-order valence-electron chi connectivity index (χ0n) is 19.9. The highest BCUT2D eigenvalue weighted by molar-refractivity contribution is 5.91. The summed E-state index contributed by atoms with van der Waals surface area (Å²) in [5, 5.41) is 8.12. The maximum absolute atomic E-state index is 12.1. The van der Waals surface area contributed by atoms with Crippen LogP contribution in [0.5, 0.6) is 5.75 Å². The normalized spacial score (nSPS) is 10.8. The van der Waals surface area contributed by atoms with Crippen LogP contribution in [-0.4, -0.2) is 36.7 Å². The first-order chi connectivity index (χ1) is 15.5. The first kappa shape index (κ1) is 25.7. The highest BCUT2D eigenvalue weighted by atomic mass is 16.6. The lowest BCUT2D eigenvalue weighted by Crippen LogP contribution is -2.34. The zero-order chi connectivity index (χ0) is 24.4. The van der Waals surface area contributed by atoms with E-state index in [1.165, 1.54) is 0 Å². The third-order valence-electron chi connectivity index (χ3n) is 4.44. The predicted octanol–water partition coefficient (Wildman–Crippen LogP) is 3.85. The molecule has 2 rings (SSSR count). The fourth-order valence-corrected chi connectivity index (χ4v) is 2.88. The van der Waals surface area contributed by atoms with E-state index in [-0.39, 0.29) is 31.4 Å². The van der Waals surface area contributed by atoms with E-state index in [9.17, 15) is 14.4 Å². The summed E-state index contributed by atoms with van der Waals surface area (Å²) in [4.78, 5) is 35.7. The van der Waals surface area contributed by atoms with Crippen molar-refractivity contribution >= 4 is 23.6 Å². The Bertz CT molecular complexity index is 965. The van der Waals surface area contributed by atoms with Gasteiger partial charge in [-0.1, -0.05) is 29.8 Å². The van der Waals surface area contributed by atoms with Gasteiger partial charge in [-0.2, -0.15) is 0 Å². The Hall–Kier alpha value is -3.55. The number of rotatable bonds is 9. The van der Waals surface area contributed by atoms with Crippen LogP contribution in [0.25, 0.3) is 0 Å². The van der Waals surface area contributed by atoms with Crippen molar-refractivity contribution in [2.45, 2.75) is 53.2 Å². The third-order valence-corrected chi connectivity index (χ3v) is 4.44. The number of aryl methyl sites for hydroxylation is 2. The van der Waals surface area contributed by atoms with Gasteiger partial charge in [0.25, 0.3) is 5.91 Å². The van der Waals surface area contributed by atoms with Crippen molar-refractivity contribution in [2.24, 2.45) is 0 Å². The maximum atomic E-state index is 12.1.